The Morgan fingerprint density at radius 3 is 2.72 bits per heavy atom. The minimum atomic E-state index is -3.84. The quantitative estimate of drug-likeness (QED) is 0.405. The number of thiazole rings is 1. The Bertz CT molecular complexity index is 1530. The van der Waals surface area contributed by atoms with Crippen LogP contribution in [0.25, 0.3) is 15.3 Å². The molecule has 0 aliphatic carbocycles. The molecule has 0 bridgehead atoms. The second kappa shape index (κ2) is 9.60. The van der Waals surface area contributed by atoms with Crippen molar-refractivity contribution in [3.8, 4) is 10.9 Å². The zero-order valence-electron chi connectivity index (χ0n) is 19.6. The van der Waals surface area contributed by atoms with E-state index in [1.54, 1.807) is 17.9 Å². The topological polar surface area (TPSA) is 106 Å². The lowest BCUT2D eigenvalue weighted by molar-refractivity contribution is -0.120. The van der Waals surface area contributed by atoms with Crippen LogP contribution in [0.15, 0.2) is 53.4 Å². The van der Waals surface area contributed by atoms with Crippen molar-refractivity contribution in [3.05, 3.63) is 60.0 Å². The van der Waals surface area contributed by atoms with Crippen LogP contribution in [0, 0.1) is 18.7 Å². The summed E-state index contributed by atoms with van der Waals surface area (Å²) in [4.78, 5) is 17.9. The fourth-order valence-electron chi connectivity index (χ4n) is 4.20. The number of carbonyl (C=O) groups is 1. The van der Waals surface area contributed by atoms with Crippen molar-refractivity contribution in [1.82, 2.24) is 19.1 Å². The third-order valence-corrected chi connectivity index (χ3v) is 8.93. The Balaban J connectivity index is 1.35. The molecule has 0 saturated carbocycles. The van der Waals surface area contributed by atoms with E-state index in [-0.39, 0.29) is 17.3 Å². The molecule has 188 valence electrons. The Morgan fingerprint density at radius 2 is 1.97 bits per heavy atom. The lowest BCUT2D eigenvalue weighted by Crippen LogP contribution is -2.43. The monoisotopic (exact) mass is 529 g/mol. The van der Waals surface area contributed by atoms with E-state index in [1.165, 1.54) is 27.8 Å². The van der Waals surface area contributed by atoms with Crippen LogP contribution in [-0.2, 0) is 14.8 Å². The first-order valence-corrected chi connectivity index (χ1v) is 13.6. The number of aromatic nitrogens is 3. The molecule has 2 aromatic heterocycles. The standard InChI is InChI=1S/C24H24FN5O4S2/c1-15-12-22(30(28-15)24-26-20-10-7-18(34-2)13-21(20)35-24)27-23(31)16-4-3-11-29(14-16)36(32,33)19-8-5-17(25)6-9-19/h5-10,12-13,16H,3-4,11,14H2,1-2H3,(H,27,31). The average molecular weight is 530 g/mol. The highest BCUT2D eigenvalue weighted by Crippen LogP contribution is 2.31. The van der Waals surface area contributed by atoms with Gasteiger partial charge in [-0.3, -0.25) is 4.79 Å². The number of hydrogen-bond acceptors (Lipinski definition) is 7. The van der Waals surface area contributed by atoms with E-state index in [2.05, 4.69) is 15.4 Å². The Morgan fingerprint density at radius 1 is 1.19 bits per heavy atom. The summed E-state index contributed by atoms with van der Waals surface area (Å²) >= 11 is 1.42. The van der Waals surface area contributed by atoms with E-state index in [0.29, 0.717) is 36.0 Å². The molecule has 0 radical (unpaired) electrons. The van der Waals surface area contributed by atoms with Crippen LogP contribution in [0.5, 0.6) is 5.75 Å². The van der Waals surface area contributed by atoms with Gasteiger partial charge >= 0.3 is 0 Å². The molecule has 1 atom stereocenters. The number of nitrogens with zero attached hydrogens (tertiary/aromatic N) is 4. The van der Waals surface area contributed by atoms with Gasteiger partial charge in [0.25, 0.3) is 0 Å². The largest absolute Gasteiger partial charge is 0.497 e. The van der Waals surface area contributed by atoms with Crippen molar-refractivity contribution in [2.75, 3.05) is 25.5 Å². The van der Waals surface area contributed by atoms with E-state index in [9.17, 15) is 17.6 Å². The van der Waals surface area contributed by atoms with Crippen LogP contribution in [-0.4, -0.2) is 53.6 Å². The summed E-state index contributed by atoms with van der Waals surface area (Å²) < 4.78 is 48.4. The molecule has 4 aromatic rings. The fraction of sp³-hybridized carbons (Fsp3) is 0.292. The van der Waals surface area contributed by atoms with Crippen LogP contribution in [0.1, 0.15) is 18.5 Å². The van der Waals surface area contributed by atoms with Crippen LogP contribution in [0.2, 0.25) is 0 Å². The van der Waals surface area contributed by atoms with Gasteiger partial charge in [-0.1, -0.05) is 11.3 Å². The normalized spacial score (nSPS) is 16.8. The molecule has 2 aromatic carbocycles. The lowest BCUT2D eigenvalue weighted by Gasteiger charge is -2.31. The summed E-state index contributed by atoms with van der Waals surface area (Å²) in [6.45, 7) is 2.16. The molecule has 0 spiro atoms. The zero-order chi connectivity index (χ0) is 25.4. The van der Waals surface area contributed by atoms with Crippen molar-refractivity contribution in [1.29, 1.82) is 0 Å². The molecule has 1 amide bonds. The summed E-state index contributed by atoms with van der Waals surface area (Å²) in [5.74, 6) is -0.165. The molecular weight excluding hydrogens is 505 g/mol. The van der Waals surface area contributed by atoms with Gasteiger partial charge in [0.2, 0.25) is 21.1 Å². The molecule has 36 heavy (non-hydrogen) atoms. The first kappa shape index (κ1) is 24.3. The molecule has 12 heteroatoms. The Labute approximate surface area is 211 Å². The predicted octanol–water partition coefficient (Wildman–Crippen LogP) is 3.98. The molecule has 1 aliphatic rings. The SMILES string of the molecule is COc1ccc2nc(-n3nc(C)cc3NC(=O)C3CCCN(S(=O)(=O)c4ccc(F)cc4)C3)sc2c1. The van der Waals surface area contributed by atoms with Crippen LogP contribution < -0.4 is 10.1 Å². The molecule has 1 saturated heterocycles. The highest BCUT2D eigenvalue weighted by atomic mass is 32.2. The zero-order valence-corrected chi connectivity index (χ0v) is 21.3. The van der Waals surface area contributed by atoms with Crippen molar-refractivity contribution >= 4 is 43.3 Å². The van der Waals surface area contributed by atoms with Gasteiger partial charge in [-0.25, -0.2) is 17.8 Å². The number of ether oxygens (including phenoxy) is 1. The lowest BCUT2D eigenvalue weighted by atomic mass is 9.99. The third kappa shape index (κ3) is 4.71. The molecule has 1 fully saturated rings. The van der Waals surface area contributed by atoms with E-state index >= 15 is 0 Å². The number of benzene rings is 2. The van der Waals surface area contributed by atoms with E-state index in [0.717, 1.165) is 28.1 Å². The maximum Gasteiger partial charge on any atom is 0.243 e. The van der Waals surface area contributed by atoms with Gasteiger partial charge in [0.05, 0.1) is 33.8 Å². The summed E-state index contributed by atoms with van der Waals surface area (Å²) in [6.07, 6.45) is 1.09. The smallest absolute Gasteiger partial charge is 0.243 e. The second-order valence-electron chi connectivity index (χ2n) is 8.56. The van der Waals surface area contributed by atoms with Crippen LogP contribution in [0.4, 0.5) is 10.2 Å². The first-order valence-electron chi connectivity index (χ1n) is 11.3. The van der Waals surface area contributed by atoms with E-state index in [1.807, 2.05) is 25.1 Å². The number of sulfonamides is 1. The second-order valence-corrected chi connectivity index (χ2v) is 11.5. The predicted molar refractivity (Wildman–Crippen MR) is 135 cm³/mol. The Kier molecular flexibility index (Phi) is 6.49. The number of rotatable bonds is 6. The molecule has 5 rings (SSSR count). The van der Waals surface area contributed by atoms with Gasteiger partial charge in [0, 0.05) is 19.2 Å². The average Bonchev–Trinajstić information content (AvgIpc) is 3.46. The summed E-state index contributed by atoms with van der Waals surface area (Å²) in [7, 11) is -2.23. The number of aryl methyl sites for hydroxylation is 1. The minimum Gasteiger partial charge on any atom is -0.497 e. The van der Waals surface area contributed by atoms with E-state index < -0.39 is 21.8 Å². The van der Waals surface area contributed by atoms with Crippen molar-refractivity contribution in [2.24, 2.45) is 5.92 Å². The van der Waals surface area contributed by atoms with Gasteiger partial charge in [-0.2, -0.15) is 14.1 Å². The molecular formula is C24H24FN5O4S2. The van der Waals surface area contributed by atoms with Crippen LogP contribution >= 0.6 is 11.3 Å². The highest BCUT2D eigenvalue weighted by molar-refractivity contribution is 7.89. The van der Waals surface area contributed by atoms with Gasteiger partial charge in [0.1, 0.15) is 17.4 Å². The van der Waals surface area contributed by atoms with Crippen molar-refractivity contribution < 1.29 is 22.3 Å². The molecule has 1 N–H and O–H groups in total. The highest BCUT2D eigenvalue weighted by Gasteiger charge is 2.34. The van der Waals surface area contributed by atoms with Crippen LogP contribution in [0.3, 0.4) is 0 Å². The molecule has 1 aliphatic heterocycles. The van der Waals surface area contributed by atoms with Crippen molar-refractivity contribution in [3.63, 3.8) is 0 Å². The number of piperidine rings is 1. The fourth-order valence-corrected chi connectivity index (χ4v) is 6.69. The maximum atomic E-state index is 13.3. The minimum absolute atomic E-state index is 0.00567. The number of halogens is 1. The van der Waals surface area contributed by atoms with Gasteiger partial charge in [-0.15, -0.1) is 0 Å². The maximum absolute atomic E-state index is 13.3. The Hall–Kier alpha value is -3.35. The number of fused-ring (bicyclic) bond motifs is 1. The molecule has 9 nitrogen and oxygen atoms in total. The summed E-state index contributed by atoms with van der Waals surface area (Å²) in [5.41, 5.74) is 1.49. The number of methoxy groups -OCH3 is 1. The number of anilines is 1. The van der Waals surface area contributed by atoms with Gasteiger partial charge in [0.15, 0.2) is 0 Å². The van der Waals surface area contributed by atoms with Crippen molar-refractivity contribution in [2.45, 2.75) is 24.7 Å². The number of hydrogen-bond donors (Lipinski definition) is 1. The van der Waals surface area contributed by atoms with E-state index in [4.69, 9.17) is 4.74 Å². The molecule has 1 unspecified atom stereocenters. The van der Waals surface area contributed by atoms with Gasteiger partial charge in [-0.05, 0) is 62.2 Å². The first-order chi connectivity index (χ1) is 17.2. The third-order valence-electron chi connectivity index (χ3n) is 6.05. The summed E-state index contributed by atoms with van der Waals surface area (Å²) in [5, 5.41) is 8.01. The number of amides is 1. The molecule has 3 heterocycles. The number of nitrogens with one attached hydrogen (secondary N) is 1. The summed E-state index contributed by atoms with van der Waals surface area (Å²) in [6, 6.07) is 12.0. The van der Waals surface area contributed by atoms with Gasteiger partial charge < -0.3 is 10.1 Å². The number of carbonyl (C=O) groups excluding carboxylic acids is 1.